The highest BCUT2D eigenvalue weighted by Gasteiger charge is 2.35. The van der Waals surface area contributed by atoms with Crippen LogP contribution in [0.4, 0.5) is 0 Å². The maximum Gasteiger partial charge on any atom is 0.165 e. The van der Waals surface area contributed by atoms with Crippen LogP contribution >= 0.6 is 23.1 Å². The van der Waals surface area contributed by atoms with Crippen LogP contribution in [0.15, 0.2) is 167 Å². The number of allylic oxidation sites excluding steroid dienone is 3. The monoisotopic (exact) mass is 810 g/mol. The molecule has 0 atom stereocenters. The molecule has 6 aromatic carbocycles. The molecule has 2 aliphatic rings. The van der Waals surface area contributed by atoms with Crippen molar-refractivity contribution >= 4 is 43.3 Å². The van der Waals surface area contributed by atoms with Crippen LogP contribution in [0.25, 0.3) is 88.5 Å². The Balaban J connectivity index is 1.06. The zero-order valence-electron chi connectivity index (χ0n) is 33.3. The Bertz CT molecular complexity index is 3220. The summed E-state index contributed by atoms with van der Waals surface area (Å²) in [6.45, 7) is 6.80. The third kappa shape index (κ3) is 6.35. The van der Waals surface area contributed by atoms with E-state index in [1.165, 1.54) is 36.4 Å². The molecule has 0 spiro atoms. The number of aromatic nitrogens is 6. The summed E-state index contributed by atoms with van der Waals surface area (Å²) in [7, 11) is 0. The molecule has 0 saturated carbocycles. The Kier molecular flexibility index (Phi) is 8.87. The maximum atomic E-state index is 5.25. The van der Waals surface area contributed by atoms with Gasteiger partial charge in [0.05, 0.1) is 0 Å². The van der Waals surface area contributed by atoms with Gasteiger partial charge in [-0.15, -0.1) is 11.3 Å². The Morgan fingerprint density at radius 2 is 1.10 bits per heavy atom. The summed E-state index contributed by atoms with van der Waals surface area (Å²) in [6.07, 6.45) is 6.79. The number of nitrogens with zero attached hydrogens (tertiary/aromatic N) is 6. The van der Waals surface area contributed by atoms with Gasteiger partial charge < -0.3 is 0 Å². The highest BCUT2D eigenvalue weighted by atomic mass is 32.2. The number of hydrogen-bond acceptors (Lipinski definition) is 8. The van der Waals surface area contributed by atoms with E-state index in [4.69, 9.17) is 29.9 Å². The number of aryl methyl sites for hydroxylation is 1. The van der Waals surface area contributed by atoms with Crippen LogP contribution in [0, 0.1) is 6.92 Å². The van der Waals surface area contributed by atoms with Gasteiger partial charge in [0, 0.05) is 68.8 Å². The number of thioether (sulfide) groups is 1. The van der Waals surface area contributed by atoms with Crippen molar-refractivity contribution in [2.75, 3.05) is 0 Å². The molecule has 0 radical (unpaired) electrons. The van der Waals surface area contributed by atoms with Gasteiger partial charge in [-0.1, -0.05) is 153 Å². The molecule has 4 heterocycles. The van der Waals surface area contributed by atoms with E-state index in [-0.39, 0.29) is 5.41 Å². The van der Waals surface area contributed by atoms with E-state index >= 15 is 0 Å². The minimum absolute atomic E-state index is 0.0450. The molecule has 0 bridgehead atoms. The summed E-state index contributed by atoms with van der Waals surface area (Å²) in [5.41, 5.74) is 9.39. The Morgan fingerprint density at radius 1 is 0.517 bits per heavy atom. The van der Waals surface area contributed by atoms with Crippen molar-refractivity contribution in [3.63, 3.8) is 0 Å². The lowest BCUT2D eigenvalue weighted by atomic mass is 9.74. The van der Waals surface area contributed by atoms with Crippen LogP contribution in [0.1, 0.15) is 37.8 Å². The van der Waals surface area contributed by atoms with Gasteiger partial charge in [0.2, 0.25) is 0 Å². The van der Waals surface area contributed by atoms with Crippen molar-refractivity contribution in [1.29, 1.82) is 0 Å². The summed E-state index contributed by atoms with van der Waals surface area (Å²) in [6, 6.07) is 48.2. The van der Waals surface area contributed by atoms with Gasteiger partial charge in [-0.25, -0.2) is 29.9 Å². The number of thiophene rings is 1. The molecular weight excluding hydrogens is 773 g/mol. The molecule has 6 nitrogen and oxygen atoms in total. The Hall–Kier alpha value is -6.61. The summed E-state index contributed by atoms with van der Waals surface area (Å²) in [4.78, 5) is 33.6. The largest absolute Gasteiger partial charge is 0.208 e. The van der Waals surface area contributed by atoms with Gasteiger partial charge in [-0.2, -0.15) is 0 Å². The molecule has 0 fully saturated rings. The first kappa shape index (κ1) is 36.5. The number of hydrogen-bond donors (Lipinski definition) is 0. The van der Waals surface area contributed by atoms with Crippen molar-refractivity contribution in [2.24, 2.45) is 0 Å². The molecule has 288 valence electrons. The van der Waals surface area contributed by atoms with E-state index in [0.717, 1.165) is 56.5 Å². The zero-order valence-corrected chi connectivity index (χ0v) is 35.0. The lowest BCUT2D eigenvalue weighted by Gasteiger charge is -2.37. The Labute approximate surface area is 356 Å². The molecule has 0 saturated heterocycles. The van der Waals surface area contributed by atoms with Crippen molar-refractivity contribution in [2.45, 2.75) is 43.9 Å². The fourth-order valence-electron chi connectivity index (χ4n) is 8.51. The summed E-state index contributed by atoms with van der Waals surface area (Å²) < 4.78 is 2.39. The van der Waals surface area contributed by atoms with Gasteiger partial charge >= 0.3 is 0 Å². The average Bonchev–Trinajstić information content (AvgIpc) is 3.68. The van der Waals surface area contributed by atoms with E-state index in [0.29, 0.717) is 34.9 Å². The second-order valence-corrected chi connectivity index (χ2v) is 18.0. The molecule has 1 aliphatic heterocycles. The highest BCUT2D eigenvalue weighted by Crippen LogP contribution is 2.52. The number of fused-ring (bicyclic) bond motifs is 4. The fraction of sp³-hybridized carbons (Fsp3) is 0.115. The van der Waals surface area contributed by atoms with E-state index in [1.807, 2.05) is 72.4 Å². The van der Waals surface area contributed by atoms with Crippen LogP contribution in [-0.4, -0.2) is 29.9 Å². The average molecular weight is 811 g/mol. The summed E-state index contributed by atoms with van der Waals surface area (Å²) in [5.74, 6) is 3.68. The number of benzene rings is 6. The third-order valence-corrected chi connectivity index (χ3v) is 14.1. The lowest BCUT2D eigenvalue weighted by Crippen LogP contribution is -2.25. The first-order valence-corrected chi connectivity index (χ1v) is 21.9. The zero-order chi connectivity index (χ0) is 40.4. The van der Waals surface area contributed by atoms with Gasteiger partial charge in [0.1, 0.15) is 0 Å². The van der Waals surface area contributed by atoms with Crippen molar-refractivity contribution in [3.8, 4) is 68.3 Å². The third-order valence-electron chi connectivity index (χ3n) is 11.7. The quantitative estimate of drug-likeness (QED) is 0.165. The summed E-state index contributed by atoms with van der Waals surface area (Å²) >= 11 is 3.63. The molecule has 8 heteroatoms. The molecule has 9 aromatic rings. The molecule has 11 rings (SSSR count). The van der Waals surface area contributed by atoms with Crippen LogP contribution in [0.2, 0.25) is 0 Å². The highest BCUT2D eigenvalue weighted by molar-refractivity contribution is 8.03. The van der Waals surface area contributed by atoms with Crippen molar-refractivity contribution < 1.29 is 0 Å². The topological polar surface area (TPSA) is 77.3 Å². The molecule has 1 aliphatic carbocycles. The Morgan fingerprint density at radius 3 is 1.83 bits per heavy atom. The fourth-order valence-corrected chi connectivity index (χ4v) is 11.2. The second kappa shape index (κ2) is 14.6. The normalized spacial score (nSPS) is 14.4. The number of rotatable bonds is 6. The predicted octanol–water partition coefficient (Wildman–Crippen LogP) is 13.7. The minimum Gasteiger partial charge on any atom is -0.208 e. The van der Waals surface area contributed by atoms with Crippen LogP contribution < -0.4 is 0 Å². The van der Waals surface area contributed by atoms with Gasteiger partial charge in [-0.3, -0.25) is 0 Å². The smallest absolute Gasteiger partial charge is 0.165 e. The molecule has 0 N–H and O–H groups in total. The van der Waals surface area contributed by atoms with Crippen LogP contribution in [-0.2, 0) is 5.41 Å². The first-order chi connectivity index (χ1) is 29.4. The van der Waals surface area contributed by atoms with E-state index < -0.39 is 0 Å². The van der Waals surface area contributed by atoms with E-state index in [1.54, 1.807) is 11.3 Å². The second-order valence-electron chi connectivity index (χ2n) is 15.9. The lowest BCUT2D eigenvalue weighted by molar-refractivity contribution is 0.574. The van der Waals surface area contributed by atoms with E-state index in [9.17, 15) is 0 Å². The summed E-state index contributed by atoms with van der Waals surface area (Å²) in [5, 5.41) is 2.43. The standard InChI is InChI=1S/C52H38N6S2/c1-31-25-26-34(29-39(31)51-57-47(33-17-8-5-9-18-33)56-50(58-51)38-21-14-20-37-36-19-10-12-23-42(36)60-45(37)38)48-53-46(32-15-6-4-7-16-32)54-49(55-48)35-27-28-41-44(30-35)59-43-24-13-11-22-40(43)52(41,2)3/h4-10,12-21,23-30H,11,22H2,1-3H3. The maximum absolute atomic E-state index is 5.25. The van der Waals surface area contributed by atoms with Crippen LogP contribution in [0.3, 0.4) is 0 Å². The van der Waals surface area contributed by atoms with Gasteiger partial charge in [-0.05, 0) is 60.7 Å². The molecule has 60 heavy (non-hydrogen) atoms. The molecule has 0 amide bonds. The minimum atomic E-state index is -0.0450. The van der Waals surface area contributed by atoms with Gasteiger partial charge in [0.15, 0.2) is 34.9 Å². The van der Waals surface area contributed by atoms with Crippen molar-refractivity contribution in [1.82, 2.24) is 29.9 Å². The SMILES string of the molecule is Cc1ccc(-c2nc(-c3ccccc3)nc(-c3ccc4c(c3)SC3=C(CCC=C3)C4(C)C)n2)cc1-c1nc(-c2ccccc2)nc(-c2cccc3c2sc2ccccc23)n1. The van der Waals surface area contributed by atoms with Gasteiger partial charge in [0.25, 0.3) is 0 Å². The first-order valence-electron chi connectivity index (χ1n) is 20.3. The van der Waals surface area contributed by atoms with Crippen LogP contribution in [0.5, 0.6) is 0 Å². The molecular formula is C52H38N6S2. The molecule has 3 aromatic heterocycles. The van der Waals surface area contributed by atoms with Crippen molar-refractivity contribution in [3.05, 3.63) is 173 Å². The molecule has 0 unspecified atom stereocenters. The van der Waals surface area contributed by atoms with E-state index in [2.05, 4.69) is 112 Å². The predicted molar refractivity (Wildman–Crippen MR) is 248 cm³/mol.